The summed E-state index contributed by atoms with van der Waals surface area (Å²) in [5.74, 6) is -0.0972. The van der Waals surface area contributed by atoms with E-state index in [9.17, 15) is 4.79 Å². The molecule has 3 aromatic heterocycles. The lowest BCUT2D eigenvalue weighted by Crippen LogP contribution is -2.18. The average Bonchev–Trinajstić information content (AvgIpc) is 3.23. The number of aromatic nitrogens is 3. The summed E-state index contributed by atoms with van der Waals surface area (Å²) in [6.07, 6.45) is 3.66. The molecule has 0 saturated heterocycles. The molecular formula is C19H16N4OS. The van der Waals surface area contributed by atoms with E-state index in [-0.39, 0.29) is 12.5 Å². The molecule has 0 atom stereocenters. The number of anilines is 1. The van der Waals surface area contributed by atoms with E-state index < -0.39 is 0 Å². The van der Waals surface area contributed by atoms with Crippen LogP contribution in [0.5, 0.6) is 0 Å². The number of amides is 1. The van der Waals surface area contributed by atoms with E-state index >= 15 is 0 Å². The summed E-state index contributed by atoms with van der Waals surface area (Å²) < 4.78 is 1.94. The molecule has 0 saturated carbocycles. The second-order valence-electron chi connectivity index (χ2n) is 5.81. The highest BCUT2D eigenvalue weighted by atomic mass is 32.1. The molecule has 5 nitrogen and oxygen atoms in total. The van der Waals surface area contributed by atoms with Gasteiger partial charge in [0.05, 0.1) is 5.69 Å². The van der Waals surface area contributed by atoms with Gasteiger partial charge in [0.25, 0.3) is 0 Å². The van der Waals surface area contributed by atoms with Crippen molar-refractivity contribution in [2.45, 2.75) is 13.5 Å². The number of carbonyl (C=O) groups excluding carboxylic acids is 1. The zero-order chi connectivity index (χ0) is 17.2. The number of aryl methyl sites for hydroxylation is 1. The number of carbonyl (C=O) groups is 1. The van der Waals surface area contributed by atoms with Crippen molar-refractivity contribution in [3.8, 4) is 11.4 Å². The van der Waals surface area contributed by atoms with Gasteiger partial charge in [0.1, 0.15) is 12.2 Å². The molecule has 0 aliphatic rings. The van der Waals surface area contributed by atoms with Gasteiger partial charge in [-0.3, -0.25) is 9.78 Å². The van der Waals surface area contributed by atoms with Crippen LogP contribution in [0.2, 0.25) is 0 Å². The van der Waals surface area contributed by atoms with Crippen molar-refractivity contribution in [1.29, 1.82) is 0 Å². The molecule has 0 fully saturated rings. The van der Waals surface area contributed by atoms with Crippen molar-refractivity contribution in [1.82, 2.24) is 14.5 Å². The van der Waals surface area contributed by atoms with Crippen LogP contribution >= 0.6 is 11.3 Å². The molecule has 1 amide bonds. The van der Waals surface area contributed by atoms with Crippen molar-refractivity contribution >= 4 is 33.3 Å². The van der Waals surface area contributed by atoms with Gasteiger partial charge < -0.3 is 9.88 Å². The Labute approximate surface area is 149 Å². The summed E-state index contributed by atoms with van der Waals surface area (Å²) in [6, 6.07) is 13.9. The monoisotopic (exact) mass is 348 g/mol. The molecule has 124 valence electrons. The van der Waals surface area contributed by atoms with E-state index in [4.69, 9.17) is 0 Å². The van der Waals surface area contributed by atoms with Gasteiger partial charge in [-0.25, -0.2) is 4.98 Å². The normalized spacial score (nSPS) is 10.9. The predicted octanol–water partition coefficient (Wildman–Crippen LogP) is 4.11. The largest absolute Gasteiger partial charge is 0.338 e. The lowest BCUT2D eigenvalue weighted by atomic mass is 10.2. The molecule has 0 unspecified atom stereocenters. The number of nitrogens with one attached hydrogen (secondary N) is 1. The van der Waals surface area contributed by atoms with Crippen LogP contribution in [0, 0.1) is 6.92 Å². The quantitative estimate of drug-likeness (QED) is 0.604. The van der Waals surface area contributed by atoms with Crippen LogP contribution < -0.4 is 5.32 Å². The summed E-state index contributed by atoms with van der Waals surface area (Å²) >= 11 is 1.40. The number of fused-ring (bicyclic) bond motifs is 1. The first-order valence-electron chi connectivity index (χ1n) is 7.91. The molecule has 1 N–H and O–H groups in total. The second kappa shape index (κ2) is 6.49. The molecule has 6 heteroatoms. The Morgan fingerprint density at radius 3 is 2.96 bits per heavy atom. The number of rotatable bonds is 4. The Balaban J connectivity index is 1.48. The first-order valence-corrected chi connectivity index (χ1v) is 8.79. The third-order valence-corrected chi connectivity index (χ3v) is 4.68. The van der Waals surface area contributed by atoms with E-state index in [2.05, 4.69) is 34.3 Å². The Bertz CT molecular complexity index is 1040. The zero-order valence-corrected chi connectivity index (χ0v) is 14.5. The number of benzene rings is 1. The molecule has 4 rings (SSSR count). The van der Waals surface area contributed by atoms with Crippen molar-refractivity contribution in [2.75, 3.05) is 5.32 Å². The molecule has 4 aromatic rings. The van der Waals surface area contributed by atoms with Crippen LogP contribution in [0.3, 0.4) is 0 Å². The van der Waals surface area contributed by atoms with Crippen molar-refractivity contribution in [3.63, 3.8) is 0 Å². The van der Waals surface area contributed by atoms with Crippen LogP contribution in [-0.2, 0) is 11.3 Å². The topological polar surface area (TPSA) is 59.8 Å². The maximum Gasteiger partial charge on any atom is 0.246 e. The van der Waals surface area contributed by atoms with Gasteiger partial charge in [-0.15, -0.1) is 11.3 Å². The maximum atomic E-state index is 12.4. The highest BCUT2D eigenvalue weighted by Gasteiger charge is 2.10. The van der Waals surface area contributed by atoms with Crippen molar-refractivity contribution in [3.05, 3.63) is 65.8 Å². The summed E-state index contributed by atoms with van der Waals surface area (Å²) in [4.78, 5) is 21.1. The van der Waals surface area contributed by atoms with Crippen LogP contribution in [0.25, 0.3) is 22.3 Å². The number of hydrogen-bond acceptors (Lipinski definition) is 4. The molecule has 0 aliphatic carbocycles. The Hall–Kier alpha value is -2.99. The van der Waals surface area contributed by atoms with Gasteiger partial charge in [-0.2, -0.15) is 0 Å². The minimum Gasteiger partial charge on any atom is -0.338 e. The smallest absolute Gasteiger partial charge is 0.246 e. The summed E-state index contributed by atoms with van der Waals surface area (Å²) in [7, 11) is 0. The molecule has 0 bridgehead atoms. The van der Waals surface area contributed by atoms with E-state index in [0.717, 1.165) is 22.3 Å². The molecule has 25 heavy (non-hydrogen) atoms. The number of nitrogens with zero attached hydrogens (tertiary/aromatic N) is 3. The number of hydrogen-bond donors (Lipinski definition) is 1. The fourth-order valence-corrected chi connectivity index (χ4v) is 3.45. The van der Waals surface area contributed by atoms with Gasteiger partial charge >= 0.3 is 0 Å². The third kappa shape index (κ3) is 3.29. The van der Waals surface area contributed by atoms with Crippen LogP contribution in [0.1, 0.15) is 5.56 Å². The van der Waals surface area contributed by atoms with Gasteiger partial charge in [0.15, 0.2) is 5.13 Å². The Morgan fingerprint density at radius 1 is 1.20 bits per heavy atom. The minimum absolute atomic E-state index is 0.0972. The zero-order valence-electron chi connectivity index (χ0n) is 13.6. The van der Waals surface area contributed by atoms with Crippen LogP contribution in [0.4, 0.5) is 5.13 Å². The van der Waals surface area contributed by atoms with Crippen molar-refractivity contribution in [2.24, 2.45) is 0 Å². The summed E-state index contributed by atoms with van der Waals surface area (Å²) in [5, 5.41) is 6.48. The van der Waals surface area contributed by atoms with E-state index in [1.54, 1.807) is 6.20 Å². The number of thiazole rings is 1. The maximum absolute atomic E-state index is 12.4. The molecule has 0 radical (unpaired) electrons. The van der Waals surface area contributed by atoms with Crippen LogP contribution in [-0.4, -0.2) is 20.4 Å². The third-order valence-electron chi connectivity index (χ3n) is 3.92. The Morgan fingerprint density at radius 2 is 2.12 bits per heavy atom. The minimum atomic E-state index is -0.0972. The first-order chi connectivity index (χ1) is 12.2. The van der Waals surface area contributed by atoms with Crippen molar-refractivity contribution < 1.29 is 4.79 Å². The van der Waals surface area contributed by atoms with E-state index in [1.165, 1.54) is 16.9 Å². The first kappa shape index (κ1) is 15.5. The van der Waals surface area contributed by atoms with E-state index in [0.29, 0.717) is 5.13 Å². The number of pyridine rings is 1. The lowest BCUT2D eigenvalue weighted by molar-refractivity contribution is -0.116. The molecular weight excluding hydrogens is 332 g/mol. The summed E-state index contributed by atoms with van der Waals surface area (Å²) in [6.45, 7) is 2.32. The lowest BCUT2D eigenvalue weighted by Gasteiger charge is -2.05. The fourth-order valence-electron chi connectivity index (χ4n) is 2.73. The summed E-state index contributed by atoms with van der Waals surface area (Å²) in [5.41, 5.74) is 3.82. The SMILES string of the molecule is Cc1ccc2c(ccn2CC(=O)Nc2nc(-c3ccccn3)cs2)c1. The van der Waals surface area contributed by atoms with Gasteiger partial charge in [-0.05, 0) is 42.6 Å². The van der Waals surface area contributed by atoms with Gasteiger partial charge in [0.2, 0.25) is 5.91 Å². The molecule has 0 aliphatic heterocycles. The molecule has 1 aromatic carbocycles. The average molecular weight is 348 g/mol. The Kier molecular flexibility index (Phi) is 4.03. The highest BCUT2D eigenvalue weighted by Crippen LogP contribution is 2.23. The van der Waals surface area contributed by atoms with Crippen LogP contribution in [0.15, 0.2) is 60.2 Å². The molecule has 3 heterocycles. The standard InChI is InChI=1S/C19H16N4OS/c1-13-5-6-17-14(10-13)7-9-23(17)11-18(24)22-19-21-16(12-25-19)15-4-2-3-8-20-15/h2-10,12H,11H2,1H3,(H,21,22,24). The van der Waals surface area contributed by atoms with Gasteiger partial charge in [-0.1, -0.05) is 17.7 Å². The second-order valence-corrected chi connectivity index (χ2v) is 6.67. The predicted molar refractivity (Wildman–Crippen MR) is 101 cm³/mol. The molecule has 0 spiro atoms. The van der Waals surface area contributed by atoms with E-state index in [1.807, 2.05) is 46.5 Å². The van der Waals surface area contributed by atoms with Gasteiger partial charge in [0, 0.05) is 23.3 Å². The highest BCUT2D eigenvalue weighted by molar-refractivity contribution is 7.14. The fraction of sp³-hybridized carbons (Fsp3) is 0.105.